The van der Waals surface area contributed by atoms with Gasteiger partial charge in [0, 0.05) is 35.3 Å². The van der Waals surface area contributed by atoms with Crippen LogP contribution in [0.3, 0.4) is 0 Å². The van der Waals surface area contributed by atoms with Crippen LogP contribution in [0.5, 0.6) is 0 Å². The number of carboxylic acid groups (broad SMARTS) is 1. The number of nitrogens with zero attached hydrogens (tertiary/aromatic N) is 6. The van der Waals surface area contributed by atoms with Crippen LogP contribution in [-0.4, -0.2) is 84.4 Å². The first-order valence-corrected chi connectivity index (χ1v) is 13.5. The normalized spacial score (nSPS) is 25.2. The Hall–Kier alpha value is -2.62. The van der Waals surface area contributed by atoms with Crippen molar-refractivity contribution in [2.75, 3.05) is 24.7 Å². The molecular formula is C26H44N8O2. The van der Waals surface area contributed by atoms with Crippen molar-refractivity contribution in [3.8, 4) is 0 Å². The van der Waals surface area contributed by atoms with Crippen molar-refractivity contribution in [2.45, 2.75) is 115 Å². The predicted molar refractivity (Wildman–Crippen MR) is 143 cm³/mol. The molecule has 0 aliphatic heterocycles. The lowest BCUT2D eigenvalue weighted by Gasteiger charge is -2.43. The summed E-state index contributed by atoms with van der Waals surface area (Å²) in [6, 6.07) is 1.09. The Morgan fingerprint density at radius 2 is 1.78 bits per heavy atom. The van der Waals surface area contributed by atoms with E-state index in [2.05, 4.69) is 41.7 Å². The Morgan fingerprint density at radius 3 is 2.39 bits per heavy atom. The SMILES string of the molecule is CCc1cnn2c(NC3CCCC(N(C(=O)O)C(C)(C)C)C3)nc(NC3CCC(N(C)C)CC3)nc12. The van der Waals surface area contributed by atoms with E-state index in [0.717, 1.165) is 56.2 Å². The maximum absolute atomic E-state index is 12.1. The maximum Gasteiger partial charge on any atom is 0.407 e. The zero-order valence-corrected chi connectivity index (χ0v) is 22.8. The third kappa shape index (κ3) is 5.85. The number of carbonyl (C=O) groups is 1. The van der Waals surface area contributed by atoms with E-state index in [1.165, 1.54) is 12.8 Å². The summed E-state index contributed by atoms with van der Waals surface area (Å²) in [5.74, 6) is 1.31. The third-order valence-corrected chi connectivity index (χ3v) is 7.86. The van der Waals surface area contributed by atoms with Crippen LogP contribution in [0.25, 0.3) is 5.65 Å². The van der Waals surface area contributed by atoms with Crippen molar-refractivity contribution in [2.24, 2.45) is 0 Å². The van der Waals surface area contributed by atoms with Gasteiger partial charge in [-0.05, 0) is 92.7 Å². The van der Waals surface area contributed by atoms with Gasteiger partial charge in [-0.2, -0.15) is 19.6 Å². The number of amides is 1. The summed E-state index contributed by atoms with van der Waals surface area (Å²) in [7, 11) is 4.32. The van der Waals surface area contributed by atoms with Gasteiger partial charge in [-0.1, -0.05) is 6.92 Å². The Bertz CT molecular complexity index is 1040. The van der Waals surface area contributed by atoms with Crippen LogP contribution in [0, 0.1) is 0 Å². The van der Waals surface area contributed by atoms with Gasteiger partial charge in [-0.25, -0.2) is 4.79 Å². The molecule has 0 radical (unpaired) electrons. The van der Waals surface area contributed by atoms with Gasteiger partial charge >= 0.3 is 6.09 Å². The first kappa shape index (κ1) is 26.4. The highest BCUT2D eigenvalue weighted by Crippen LogP contribution is 2.31. The average Bonchev–Trinajstić information content (AvgIpc) is 3.22. The molecule has 2 saturated carbocycles. The second-order valence-electron chi connectivity index (χ2n) is 11.7. The molecule has 10 nitrogen and oxygen atoms in total. The fourth-order valence-corrected chi connectivity index (χ4v) is 5.95. The summed E-state index contributed by atoms with van der Waals surface area (Å²) in [5.41, 5.74) is 1.47. The van der Waals surface area contributed by atoms with E-state index >= 15 is 0 Å². The van der Waals surface area contributed by atoms with Crippen molar-refractivity contribution in [3.05, 3.63) is 11.8 Å². The molecule has 2 aliphatic carbocycles. The van der Waals surface area contributed by atoms with Crippen LogP contribution in [0.1, 0.15) is 84.6 Å². The van der Waals surface area contributed by atoms with Crippen LogP contribution in [0.2, 0.25) is 0 Å². The highest BCUT2D eigenvalue weighted by atomic mass is 16.4. The molecule has 2 fully saturated rings. The van der Waals surface area contributed by atoms with Gasteiger partial charge in [0.15, 0.2) is 5.65 Å². The summed E-state index contributed by atoms with van der Waals surface area (Å²) in [6.45, 7) is 8.00. The second-order valence-corrected chi connectivity index (χ2v) is 11.7. The Balaban J connectivity index is 1.54. The predicted octanol–water partition coefficient (Wildman–Crippen LogP) is 4.47. The maximum atomic E-state index is 12.1. The number of fused-ring (bicyclic) bond motifs is 1. The number of aromatic nitrogens is 4. The van der Waals surface area contributed by atoms with Gasteiger partial charge in [-0.3, -0.25) is 0 Å². The molecule has 0 saturated heterocycles. The van der Waals surface area contributed by atoms with Crippen molar-refractivity contribution < 1.29 is 9.90 Å². The van der Waals surface area contributed by atoms with Gasteiger partial charge < -0.3 is 25.5 Å². The van der Waals surface area contributed by atoms with Gasteiger partial charge in [0.2, 0.25) is 11.9 Å². The fraction of sp³-hybridized carbons (Fsp3) is 0.769. The van der Waals surface area contributed by atoms with Crippen LogP contribution < -0.4 is 10.6 Å². The molecule has 2 atom stereocenters. The number of nitrogens with one attached hydrogen (secondary N) is 2. The summed E-state index contributed by atoms with van der Waals surface area (Å²) in [4.78, 5) is 25.7. The zero-order valence-electron chi connectivity index (χ0n) is 22.8. The van der Waals surface area contributed by atoms with Gasteiger partial charge in [0.05, 0.1) is 6.20 Å². The molecule has 2 aliphatic rings. The lowest BCUT2D eigenvalue weighted by Crippen LogP contribution is -2.53. The van der Waals surface area contributed by atoms with E-state index in [0.29, 0.717) is 24.0 Å². The molecule has 0 aromatic carbocycles. The van der Waals surface area contributed by atoms with Gasteiger partial charge in [0.25, 0.3) is 0 Å². The summed E-state index contributed by atoms with van der Waals surface area (Å²) < 4.78 is 1.80. The average molecular weight is 501 g/mol. The smallest absolute Gasteiger partial charge is 0.407 e. The third-order valence-electron chi connectivity index (χ3n) is 7.86. The van der Waals surface area contributed by atoms with E-state index < -0.39 is 11.6 Å². The van der Waals surface area contributed by atoms with Crippen LogP contribution >= 0.6 is 0 Å². The van der Waals surface area contributed by atoms with Gasteiger partial charge in [-0.15, -0.1) is 0 Å². The van der Waals surface area contributed by atoms with E-state index in [1.807, 2.05) is 27.0 Å². The molecule has 36 heavy (non-hydrogen) atoms. The molecular weight excluding hydrogens is 456 g/mol. The second kappa shape index (κ2) is 10.8. The summed E-state index contributed by atoms with van der Waals surface area (Å²) >= 11 is 0. The Labute approximate surface area is 214 Å². The quantitative estimate of drug-likeness (QED) is 0.511. The first-order chi connectivity index (χ1) is 17.1. The minimum absolute atomic E-state index is 0.0284. The van der Waals surface area contributed by atoms with E-state index in [4.69, 9.17) is 9.97 Å². The van der Waals surface area contributed by atoms with E-state index in [1.54, 1.807) is 9.42 Å². The highest BCUT2D eigenvalue weighted by molar-refractivity contribution is 5.66. The lowest BCUT2D eigenvalue weighted by molar-refractivity contribution is 0.0551. The molecule has 2 aromatic rings. The van der Waals surface area contributed by atoms with Crippen molar-refractivity contribution >= 4 is 23.6 Å². The number of rotatable bonds is 7. The van der Waals surface area contributed by atoms with Crippen molar-refractivity contribution in [1.82, 2.24) is 29.4 Å². The molecule has 4 rings (SSSR count). The molecule has 0 spiro atoms. The zero-order chi connectivity index (χ0) is 26.0. The minimum atomic E-state index is -0.854. The number of aryl methyl sites for hydroxylation is 1. The largest absolute Gasteiger partial charge is 0.465 e. The minimum Gasteiger partial charge on any atom is -0.465 e. The number of anilines is 2. The molecule has 1 amide bonds. The Morgan fingerprint density at radius 1 is 1.06 bits per heavy atom. The molecule has 2 heterocycles. The lowest BCUT2D eigenvalue weighted by atomic mass is 9.88. The van der Waals surface area contributed by atoms with E-state index in [9.17, 15) is 9.90 Å². The standard InChI is InChI=1S/C26H44N8O2/c1-7-17-16-27-34-22(17)30-23(28-18-11-13-20(14-12-18)32(5)6)31-24(34)29-19-9-8-10-21(15-19)33(25(35)36)26(2,3)4/h16,18-21H,7-15H2,1-6H3,(H,35,36)(H2,28,29,30,31). The van der Waals surface area contributed by atoms with Crippen LogP contribution in [0.4, 0.5) is 16.7 Å². The van der Waals surface area contributed by atoms with Crippen LogP contribution in [-0.2, 0) is 6.42 Å². The summed E-state index contributed by atoms with van der Waals surface area (Å²) in [6.07, 6.45) is 9.96. The van der Waals surface area contributed by atoms with Crippen molar-refractivity contribution in [3.63, 3.8) is 0 Å². The number of hydrogen-bond donors (Lipinski definition) is 3. The molecule has 10 heteroatoms. The molecule has 200 valence electrons. The fourth-order valence-electron chi connectivity index (χ4n) is 5.95. The molecule has 0 bridgehead atoms. The summed E-state index contributed by atoms with van der Waals surface area (Å²) in [5, 5.41) is 21.7. The molecule has 2 unspecified atom stereocenters. The number of hydrogen-bond acceptors (Lipinski definition) is 7. The van der Waals surface area contributed by atoms with Crippen molar-refractivity contribution in [1.29, 1.82) is 0 Å². The first-order valence-electron chi connectivity index (χ1n) is 13.5. The topological polar surface area (TPSA) is 111 Å². The van der Waals surface area contributed by atoms with E-state index in [-0.39, 0.29) is 12.1 Å². The Kier molecular flexibility index (Phi) is 7.92. The van der Waals surface area contributed by atoms with Gasteiger partial charge in [0.1, 0.15) is 0 Å². The highest BCUT2D eigenvalue weighted by Gasteiger charge is 2.36. The van der Waals surface area contributed by atoms with Crippen LogP contribution in [0.15, 0.2) is 6.20 Å². The molecule has 2 aromatic heterocycles. The molecule has 3 N–H and O–H groups in total. The monoisotopic (exact) mass is 500 g/mol.